The number of ether oxygens (including phenoxy) is 1. The summed E-state index contributed by atoms with van der Waals surface area (Å²) in [4.78, 5) is 12.3. The second-order valence-electron chi connectivity index (χ2n) is 4.29. The van der Waals surface area contributed by atoms with E-state index in [-0.39, 0.29) is 11.9 Å². The number of methoxy groups -OCH3 is 1. The number of nitrogens with zero attached hydrogens (tertiary/aromatic N) is 3. The number of amides is 1. The first-order valence-corrected chi connectivity index (χ1v) is 6.43. The minimum atomic E-state index is -0.267. The predicted molar refractivity (Wildman–Crippen MR) is 72.3 cm³/mol. The lowest BCUT2D eigenvalue weighted by Gasteiger charge is -2.15. The lowest BCUT2D eigenvalue weighted by atomic mass is 10.1. The molecule has 1 amide bonds. The molecule has 0 saturated carbocycles. The Morgan fingerprint density at radius 3 is 2.90 bits per heavy atom. The Hall–Kier alpha value is -2.44. The minimum absolute atomic E-state index is 0.217. The number of tetrazole rings is 1. The number of carbonyl (C=O) groups excluding carboxylic acids is 1. The van der Waals surface area contributed by atoms with Crippen LogP contribution in [0.5, 0.6) is 5.75 Å². The summed E-state index contributed by atoms with van der Waals surface area (Å²) in [5.74, 6) is 0.800. The first-order valence-electron chi connectivity index (χ1n) is 6.43. The van der Waals surface area contributed by atoms with E-state index in [1.807, 2.05) is 13.0 Å². The van der Waals surface area contributed by atoms with E-state index in [0.29, 0.717) is 17.1 Å². The molecule has 2 rings (SSSR count). The van der Waals surface area contributed by atoms with Crippen LogP contribution < -0.4 is 10.1 Å². The van der Waals surface area contributed by atoms with Crippen LogP contribution >= 0.6 is 0 Å². The number of hydrogen-bond acceptors (Lipinski definition) is 5. The van der Waals surface area contributed by atoms with E-state index >= 15 is 0 Å². The summed E-state index contributed by atoms with van der Waals surface area (Å²) in [6, 6.07) is 6.81. The van der Waals surface area contributed by atoms with Gasteiger partial charge in [-0.25, -0.2) is 0 Å². The molecule has 1 aromatic heterocycles. The number of aromatic amines is 1. The molecule has 0 fully saturated rings. The van der Waals surface area contributed by atoms with Gasteiger partial charge in [0, 0.05) is 0 Å². The van der Waals surface area contributed by atoms with Crippen molar-refractivity contribution in [2.45, 2.75) is 25.8 Å². The Bertz CT molecular complexity index is 556. The molecule has 7 heteroatoms. The van der Waals surface area contributed by atoms with E-state index in [1.54, 1.807) is 18.2 Å². The predicted octanol–water partition coefficient (Wildman–Crippen LogP) is 1.48. The molecule has 2 N–H and O–H groups in total. The molecule has 0 aliphatic rings. The lowest BCUT2D eigenvalue weighted by molar-refractivity contribution is 0.0929. The summed E-state index contributed by atoms with van der Waals surface area (Å²) >= 11 is 0. The zero-order valence-electron chi connectivity index (χ0n) is 11.5. The number of para-hydroxylation sites is 1. The molecule has 0 unspecified atom stereocenters. The minimum Gasteiger partial charge on any atom is -0.496 e. The van der Waals surface area contributed by atoms with E-state index in [2.05, 4.69) is 25.9 Å². The van der Waals surface area contributed by atoms with Gasteiger partial charge in [-0.15, -0.1) is 10.2 Å². The van der Waals surface area contributed by atoms with Gasteiger partial charge in [0.15, 0.2) is 5.82 Å². The van der Waals surface area contributed by atoms with Crippen molar-refractivity contribution in [3.05, 3.63) is 35.7 Å². The van der Waals surface area contributed by atoms with Gasteiger partial charge in [0.2, 0.25) is 0 Å². The van der Waals surface area contributed by atoms with E-state index in [1.165, 1.54) is 7.11 Å². The van der Waals surface area contributed by atoms with Crippen molar-refractivity contribution in [3.8, 4) is 5.75 Å². The van der Waals surface area contributed by atoms with Crippen LogP contribution in [0.25, 0.3) is 0 Å². The zero-order valence-corrected chi connectivity index (χ0v) is 11.5. The highest BCUT2D eigenvalue weighted by molar-refractivity contribution is 5.97. The first kappa shape index (κ1) is 14.0. The number of H-pyrrole nitrogens is 1. The van der Waals surface area contributed by atoms with Crippen molar-refractivity contribution in [1.29, 1.82) is 0 Å². The van der Waals surface area contributed by atoms with Crippen molar-refractivity contribution in [1.82, 2.24) is 25.9 Å². The third kappa shape index (κ3) is 3.11. The number of hydrogen-bond donors (Lipinski definition) is 2. The Morgan fingerprint density at radius 1 is 1.45 bits per heavy atom. The van der Waals surface area contributed by atoms with Crippen LogP contribution in [0.2, 0.25) is 0 Å². The molecule has 2 aromatic rings. The van der Waals surface area contributed by atoms with Crippen molar-refractivity contribution in [2.75, 3.05) is 7.11 Å². The molecule has 0 spiro atoms. The SMILES string of the molecule is CCC[C@H](NC(=O)c1ccccc1OC)c1nn[nH]n1. The molecule has 1 heterocycles. The summed E-state index contributed by atoms with van der Waals surface area (Å²) in [5.41, 5.74) is 0.486. The highest BCUT2D eigenvalue weighted by atomic mass is 16.5. The van der Waals surface area contributed by atoms with Crippen LogP contribution in [0, 0.1) is 0 Å². The summed E-state index contributed by atoms with van der Waals surface area (Å²) < 4.78 is 5.19. The Balaban J connectivity index is 2.16. The maximum absolute atomic E-state index is 12.3. The van der Waals surface area contributed by atoms with Gasteiger partial charge in [-0.1, -0.05) is 30.7 Å². The lowest BCUT2D eigenvalue weighted by Crippen LogP contribution is -2.29. The van der Waals surface area contributed by atoms with Crippen LogP contribution in [0.1, 0.15) is 42.0 Å². The molecular formula is C13H17N5O2. The molecule has 1 aromatic carbocycles. The van der Waals surface area contributed by atoms with E-state index in [9.17, 15) is 4.79 Å². The number of benzene rings is 1. The van der Waals surface area contributed by atoms with Gasteiger partial charge in [0.1, 0.15) is 5.75 Å². The molecule has 0 aliphatic carbocycles. The van der Waals surface area contributed by atoms with Gasteiger partial charge >= 0.3 is 0 Å². The van der Waals surface area contributed by atoms with Gasteiger partial charge in [0.05, 0.1) is 18.7 Å². The van der Waals surface area contributed by atoms with Crippen LogP contribution in [-0.2, 0) is 0 Å². The van der Waals surface area contributed by atoms with Crippen molar-refractivity contribution in [2.24, 2.45) is 0 Å². The molecule has 0 aliphatic heterocycles. The average Bonchev–Trinajstić information content (AvgIpc) is 3.00. The fourth-order valence-corrected chi connectivity index (χ4v) is 1.94. The van der Waals surface area contributed by atoms with Crippen LogP contribution in [-0.4, -0.2) is 33.6 Å². The summed E-state index contributed by atoms with van der Waals surface area (Å²) in [6.07, 6.45) is 1.63. The van der Waals surface area contributed by atoms with Gasteiger partial charge in [-0.05, 0) is 18.6 Å². The fraction of sp³-hybridized carbons (Fsp3) is 0.385. The number of rotatable bonds is 6. The van der Waals surface area contributed by atoms with Gasteiger partial charge in [-0.2, -0.15) is 5.21 Å². The van der Waals surface area contributed by atoms with E-state index in [0.717, 1.165) is 12.8 Å². The third-order valence-electron chi connectivity index (χ3n) is 2.91. The van der Waals surface area contributed by atoms with Crippen molar-refractivity contribution >= 4 is 5.91 Å². The number of carbonyl (C=O) groups is 1. The Kier molecular flexibility index (Phi) is 4.65. The maximum atomic E-state index is 12.3. The van der Waals surface area contributed by atoms with Crippen molar-refractivity contribution in [3.63, 3.8) is 0 Å². The first-order chi connectivity index (χ1) is 9.76. The maximum Gasteiger partial charge on any atom is 0.255 e. The molecule has 0 bridgehead atoms. The second kappa shape index (κ2) is 6.65. The van der Waals surface area contributed by atoms with Gasteiger partial charge in [-0.3, -0.25) is 4.79 Å². The summed E-state index contributed by atoms with van der Waals surface area (Å²) in [7, 11) is 1.54. The average molecular weight is 275 g/mol. The largest absolute Gasteiger partial charge is 0.496 e. The molecule has 1 atom stereocenters. The smallest absolute Gasteiger partial charge is 0.255 e. The van der Waals surface area contributed by atoms with Crippen LogP contribution in [0.4, 0.5) is 0 Å². The normalized spacial score (nSPS) is 11.9. The molecule has 106 valence electrons. The van der Waals surface area contributed by atoms with Crippen LogP contribution in [0.15, 0.2) is 24.3 Å². The van der Waals surface area contributed by atoms with E-state index in [4.69, 9.17) is 4.74 Å². The molecule has 7 nitrogen and oxygen atoms in total. The van der Waals surface area contributed by atoms with Gasteiger partial charge in [0.25, 0.3) is 5.91 Å². The van der Waals surface area contributed by atoms with Gasteiger partial charge < -0.3 is 10.1 Å². The quantitative estimate of drug-likeness (QED) is 0.833. The monoisotopic (exact) mass is 275 g/mol. The third-order valence-corrected chi connectivity index (χ3v) is 2.91. The summed E-state index contributed by atoms with van der Waals surface area (Å²) in [5, 5.41) is 16.7. The van der Waals surface area contributed by atoms with E-state index < -0.39 is 0 Å². The highest BCUT2D eigenvalue weighted by Crippen LogP contribution is 2.19. The highest BCUT2D eigenvalue weighted by Gasteiger charge is 2.20. The van der Waals surface area contributed by atoms with Crippen LogP contribution in [0.3, 0.4) is 0 Å². The molecular weight excluding hydrogens is 258 g/mol. The van der Waals surface area contributed by atoms with Crippen molar-refractivity contribution < 1.29 is 9.53 Å². The topological polar surface area (TPSA) is 92.8 Å². The zero-order chi connectivity index (χ0) is 14.4. The molecule has 0 radical (unpaired) electrons. The fourth-order valence-electron chi connectivity index (χ4n) is 1.94. The Labute approximate surface area is 116 Å². The molecule has 20 heavy (non-hydrogen) atoms. The molecule has 0 saturated heterocycles. The second-order valence-corrected chi connectivity index (χ2v) is 4.29. The Morgan fingerprint density at radius 2 is 2.25 bits per heavy atom. The summed E-state index contributed by atoms with van der Waals surface area (Å²) in [6.45, 7) is 2.03. The number of nitrogens with one attached hydrogen (secondary N) is 2. The standard InChI is InChI=1S/C13H17N5O2/c1-3-6-10(12-15-17-18-16-12)14-13(19)9-7-4-5-8-11(9)20-2/h4-5,7-8,10H,3,6H2,1-2H3,(H,14,19)(H,15,16,17,18)/t10-/m0/s1. The number of aromatic nitrogens is 4.